The number of hydrogen-bond donors (Lipinski definition) is 2. The van der Waals surface area contributed by atoms with Gasteiger partial charge in [-0.05, 0) is 37.5 Å². The molecule has 0 atom stereocenters. The van der Waals surface area contributed by atoms with Gasteiger partial charge >= 0.3 is 0 Å². The van der Waals surface area contributed by atoms with Crippen LogP contribution in [0.15, 0.2) is 35.6 Å². The summed E-state index contributed by atoms with van der Waals surface area (Å²) in [5, 5.41) is 3.08. The monoisotopic (exact) mass is 232 g/mol. The lowest BCUT2D eigenvalue weighted by molar-refractivity contribution is 0.845. The standard InChI is InChI=1S/C13H20N4/c1-10(2)8-17-13(14)16-7-5-12-4-6-15-9-11(12)3/h4,6,9H,1,5,7-8H2,2-3H3,(H3,14,16,17). The van der Waals surface area contributed by atoms with Crippen molar-refractivity contribution in [1.82, 2.24) is 10.3 Å². The van der Waals surface area contributed by atoms with Crippen molar-refractivity contribution >= 4 is 5.96 Å². The predicted octanol–water partition coefficient (Wildman–Crippen LogP) is 1.41. The minimum atomic E-state index is 0.472. The number of aromatic nitrogens is 1. The van der Waals surface area contributed by atoms with Crippen LogP contribution in [0.5, 0.6) is 0 Å². The van der Waals surface area contributed by atoms with Crippen LogP contribution in [0.2, 0.25) is 0 Å². The number of hydrogen-bond acceptors (Lipinski definition) is 2. The summed E-state index contributed by atoms with van der Waals surface area (Å²) < 4.78 is 0. The highest BCUT2D eigenvalue weighted by molar-refractivity contribution is 5.77. The number of nitrogens with two attached hydrogens (primary N) is 1. The molecule has 0 saturated heterocycles. The number of aliphatic imine (C=N–C) groups is 1. The molecule has 4 heteroatoms. The van der Waals surface area contributed by atoms with Gasteiger partial charge in [-0.1, -0.05) is 12.2 Å². The summed E-state index contributed by atoms with van der Waals surface area (Å²) in [6.45, 7) is 9.10. The molecule has 3 N–H and O–H groups in total. The molecule has 0 spiro atoms. The smallest absolute Gasteiger partial charge is 0.188 e. The van der Waals surface area contributed by atoms with E-state index in [1.807, 2.05) is 19.2 Å². The molecule has 17 heavy (non-hydrogen) atoms. The van der Waals surface area contributed by atoms with Crippen molar-refractivity contribution in [1.29, 1.82) is 0 Å². The maximum atomic E-state index is 5.71. The number of pyridine rings is 1. The lowest BCUT2D eigenvalue weighted by atomic mass is 10.1. The highest BCUT2D eigenvalue weighted by Gasteiger charge is 1.97. The van der Waals surface area contributed by atoms with E-state index in [-0.39, 0.29) is 0 Å². The first-order valence-electron chi connectivity index (χ1n) is 5.67. The van der Waals surface area contributed by atoms with E-state index in [1.165, 1.54) is 11.1 Å². The van der Waals surface area contributed by atoms with Gasteiger partial charge in [-0.25, -0.2) is 4.99 Å². The number of nitrogens with one attached hydrogen (secondary N) is 1. The molecule has 0 aliphatic rings. The zero-order valence-electron chi connectivity index (χ0n) is 10.5. The Morgan fingerprint density at radius 2 is 2.35 bits per heavy atom. The van der Waals surface area contributed by atoms with E-state index in [0.717, 1.165) is 18.5 Å². The van der Waals surface area contributed by atoms with Crippen LogP contribution >= 0.6 is 0 Å². The Morgan fingerprint density at radius 3 is 3.00 bits per heavy atom. The molecule has 0 unspecified atom stereocenters. The fourth-order valence-corrected chi connectivity index (χ4v) is 1.38. The Hall–Kier alpha value is -1.84. The van der Waals surface area contributed by atoms with Crippen molar-refractivity contribution < 1.29 is 0 Å². The van der Waals surface area contributed by atoms with E-state index in [0.29, 0.717) is 12.5 Å². The van der Waals surface area contributed by atoms with E-state index in [2.05, 4.69) is 28.8 Å². The van der Waals surface area contributed by atoms with E-state index < -0.39 is 0 Å². The van der Waals surface area contributed by atoms with Gasteiger partial charge in [0.1, 0.15) is 0 Å². The maximum absolute atomic E-state index is 5.71. The SMILES string of the molecule is C=C(C)CN=C(N)NCCc1ccncc1C. The Morgan fingerprint density at radius 1 is 1.59 bits per heavy atom. The van der Waals surface area contributed by atoms with Gasteiger partial charge in [0.15, 0.2) is 5.96 Å². The molecule has 0 bridgehead atoms. The Balaban J connectivity index is 2.35. The van der Waals surface area contributed by atoms with Gasteiger partial charge in [0.05, 0.1) is 6.54 Å². The van der Waals surface area contributed by atoms with Gasteiger partial charge in [-0.15, -0.1) is 0 Å². The first-order chi connectivity index (χ1) is 8.09. The number of aryl methyl sites for hydroxylation is 1. The van der Waals surface area contributed by atoms with Crippen molar-refractivity contribution in [2.24, 2.45) is 10.7 Å². The number of rotatable bonds is 5. The highest BCUT2D eigenvalue weighted by atomic mass is 15.1. The van der Waals surface area contributed by atoms with Gasteiger partial charge in [-0.2, -0.15) is 0 Å². The van der Waals surface area contributed by atoms with Gasteiger partial charge in [0.25, 0.3) is 0 Å². The summed E-state index contributed by atoms with van der Waals surface area (Å²) in [7, 11) is 0. The average molecular weight is 232 g/mol. The molecule has 1 aromatic heterocycles. The van der Waals surface area contributed by atoms with Crippen LogP contribution in [0, 0.1) is 6.92 Å². The van der Waals surface area contributed by atoms with Gasteiger partial charge in [0.2, 0.25) is 0 Å². The first kappa shape index (κ1) is 13.2. The molecular weight excluding hydrogens is 212 g/mol. The maximum Gasteiger partial charge on any atom is 0.188 e. The highest BCUT2D eigenvalue weighted by Crippen LogP contribution is 2.04. The third-order valence-corrected chi connectivity index (χ3v) is 2.36. The molecule has 1 aromatic rings. The van der Waals surface area contributed by atoms with E-state index in [9.17, 15) is 0 Å². The van der Waals surface area contributed by atoms with E-state index in [1.54, 1.807) is 6.20 Å². The largest absolute Gasteiger partial charge is 0.370 e. The second-order valence-corrected chi connectivity index (χ2v) is 4.14. The zero-order valence-corrected chi connectivity index (χ0v) is 10.5. The summed E-state index contributed by atoms with van der Waals surface area (Å²) in [6, 6.07) is 2.03. The van der Waals surface area contributed by atoms with Crippen molar-refractivity contribution in [2.75, 3.05) is 13.1 Å². The van der Waals surface area contributed by atoms with Gasteiger partial charge in [-0.3, -0.25) is 4.98 Å². The van der Waals surface area contributed by atoms with E-state index >= 15 is 0 Å². The van der Waals surface area contributed by atoms with Crippen LogP contribution in [-0.2, 0) is 6.42 Å². The Kier molecular flexibility index (Phi) is 5.20. The summed E-state index contributed by atoms with van der Waals surface area (Å²) in [4.78, 5) is 8.21. The van der Waals surface area contributed by atoms with Crippen LogP contribution in [0.25, 0.3) is 0 Å². The molecule has 0 saturated carbocycles. The molecule has 1 heterocycles. The molecule has 0 aliphatic heterocycles. The second-order valence-electron chi connectivity index (χ2n) is 4.14. The molecule has 0 aromatic carbocycles. The minimum absolute atomic E-state index is 0.472. The minimum Gasteiger partial charge on any atom is -0.370 e. The van der Waals surface area contributed by atoms with Crippen LogP contribution in [0.4, 0.5) is 0 Å². The van der Waals surface area contributed by atoms with Crippen LogP contribution < -0.4 is 11.1 Å². The molecular formula is C13H20N4. The van der Waals surface area contributed by atoms with Crippen molar-refractivity contribution in [3.8, 4) is 0 Å². The molecule has 4 nitrogen and oxygen atoms in total. The average Bonchev–Trinajstić information content (AvgIpc) is 2.29. The molecule has 1 rings (SSSR count). The molecule has 92 valence electrons. The summed E-state index contributed by atoms with van der Waals surface area (Å²) in [5.74, 6) is 0.472. The lowest BCUT2D eigenvalue weighted by Gasteiger charge is -2.07. The molecule has 0 aliphatic carbocycles. The molecule has 0 amide bonds. The van der Waals surface area contributed by atoms with Crippen LogP contribution in [0.1, 0.15) is 18.1 Å². The van der Waals surface area contributed by atoms with Gasteiger partial charge < -0.3 is 11.1 Å². The van der Waals surface area contributed by atoms with Crippen molar-refractivity contribution in [3.63, 3.8) is 0 Å². The quantitative estimate of drug-likeness (QED) is 0.458. The first-order valence-corrected chi connectivity index (χ1v) is 5.67. The third kappa shape index (κ3) is 5.15. The Labute approximate surface area is 103 Å². The predicted molar refractivity (Wildman–Crippen MR) is 72.0 cm³/mol. The third-order valence-electron chi connectivity index (χ3n) is 2.36. The van der Waals surface area contributed by atoms with E-state index in [4.69, 9.17) is 5.73 Å². The number of nitrogens with zero attached hydrogens (tertiary/aromatic N) is 2. The summed E-state index contributed by atoms with van der Waals surface area (Å²) in [5.41, 5.74) is 9.19. The topological polar surface area (TPSA) is 63.3 Å². The lowest BCUT2D eigenvalue weighted by Crippen LogP contribution is -2.33. The van der Waals surface area contributed by atoms with Crippen molar-refractivity contribution in [2.45, 2.75) is 20.3 Å². The summed E-state index contributed by atoms with van der Waals surface area (Å²) in [6.07, 6.45) is 4.59. The van der Waals surface area contributed by atoms with Crippen LogP contribution in [-0.4, -0.2) is 24.0 Å². The Bertz CT molecular complexity index is 410. The van der Waals surface area contributed by atoms with Gasteiger partial charge in [0, 0.05) is 18.9 Å². The van der Waals surface area contributed by atoms with Crippen molar-refractivity contribution in [3.05, 3.63) is 41.7 Å². The molecule has 0 fully saturated rings. The van der Waals surface area contributed by atoms with Crippen LogP contribution in [0.3, 0.4) is 0 Å². The molecule has 0 radical (unpaired) electrons. The fourth-order valence-electron chi connectivity index (χ4n) is 1.38. The zero-order chi connectivity index (χ0) is 12.7. The summed E-state index contributed by atoms with van der Waals surface area (Å²) >= 11 is 0. The normalized spacial score (nSPS) is 11.3. The fraction of sp³-hybridized carbons (Fsp3) is 0.385. The second kappa shape index (κ2) is 6.68. The number of guanidine groups is 1.